The number of hydrogen-bond donors (Lipinski definition) is 2. The van der Waals surface area contributed by atoms with E-state index >= 15 is 0 Å². The fraction of sp³-hybridized carbons (Fsp3) is 0.136. The number of rotatable bonds is 5. The van der Waals surface area contributed by atoms with Gasteiger partial charge in [-0.1, -0.05) is 54.1 Å². The smallest absolute Gasteiger partial charge is 0.270 e. The summed E-state index contributed by atoms with van der Waals surface area (Å²) in [6.45, 7) is 5.60. The molecule has 0 atom stereocenters. The van der Waals surface area contributed by atoms with Crippen LogP contribution in [0.4, 0.5) is 0 Å². The van der Waals surface area contributed by atoms with E-state index in [1.54, 1.807) is 12.1 Å². The number of nitrogens with zero attached hydrogens (tertiary/aromatic N) is 1. The molecule has 3 rings (SSSR count). The standard InChI is InChI=1S/C22H21N3O2/c1-3-4-9-21(26)24-25-22(27)18-14-20(16-12-10-15(2)11-13-16)23-19-8-6-5-7-17(18)19/h3,5-8,10-14H,1,4,9H2,2H3,(H,24,26)(H,25,27). The van der Waals surface area contributed by atoms with Gasteiger partial charge in [-0.25, -0.2) is 4.98 Å². The van der Waals surface area contributed by atoms with Gasteiger partial charge in [-0.05, 0) is 25.5 Å². The van der Waals surface area contributed by atoms with Gasteiger partial charge in [-0.3, -0.25) is 20.4 Å². The Labute approximate surface area is 158 Å². The number of carbonyl (C=O) groups is 2. The van der Waals surface area contributed by atoms with Crippen molar-refractivity contribution < 1.29 is 9.59 Å². The van der Waals surface area contributed by atoms with E-state index in [0.29, 0.717) is 17.7 Å². The molecule has 5 nitrogen and oxygen atoms in total. The number of carbonyl (C=O) groups excluding carboxylic acids is 2. The van der Waals surface area contributed by atoms with E-state index in [0.717, 1.165) is 22.0 Å². The second kappa shape index (κ2) is 8.27. The van der Waals surface area contributed by atoms with Gasteiger partial charge in [0.1, 0.15) is 0 Å². The van der Waals surface area contributed by atoms with Crippen LogP contribution < -0.4 is 10.9 Å². The molecule has 136 valence electrons. The lowest BCUT2D eigenvalue weighted by Gasteiger charge is -2.11. The van der Waals surface area contributed by atoms with E-state index in [1.807, 2.05) is 55.5 Å². The Morgan fingerprint density at radius 3 is 2.56 bits per heavy atom. The molecular weight excluding hydrogens is 338 g/mol. The molecule has 2 aromatic carbocycles. The molecule has 0 aliphatic rings. The highest BCUT2D eigenvalue weighted by Gasteiger charge is 2.14. The maximum Gasteiger partial charge on any atom is 0.270 e. The first kappa shape index (κ1) is 18.3. The van der Waals surface area contributed by atoms with Gasteiger partial charge in [-0.15, -0.1) is 6.58 Å². The van der Waals surface area contributed by atoms with Crippen molar-refractivity contribution in [3.05, 3.63) is 78.4 Å². The van der Waals surface area contributed by atoms with Crippen molar-refractivity contribution in [2.75, 3.05) is 0 Å². The number of hydrazine groups is 1. The molecule has 0 saturated heterocycles. The molecule has 2 amide bonds. The first-order chi connectivity index (χ1) is 13.1. The lowest BCUT2D eigenvalue weighted by Crippen LogP contribution is -2.41. The summed E-state index contributed by atoms with van der Waals surface area (Å²) in [6, 6.07) is 17.2. The molecule has 0 bridgehead atoms. The van der Waals surface area contributed by atoms with Crippen LogP contribution in [0.1, 0.15) is 28.8 Å². The van der Waals surface area contributed by atoms with Gasteiger partial charge in [-0.2, -0.15) is 0 Å². The van der Waals surface area contributed by atoms with Crippen LogP contribution in [0.5, 0.6) is 0 Å². The van der Waals surface area contributed by atoms with E-state index in [1.165, 1.54) is 0 Å². The van der Waals surface area contributed by atoms with Crippen LogP contribution in [0.15, 0.2) is 67.3 Å². The summed E-state index contributed by atoms with van der Waals surface area (Å²) in [4.78, 5) is 29.1. The molecule has 0 saturated carbocycles. The second-order valence-corrected chi connectivity index (χ2v) is 6.27. The number of para-hydroxylation sites is 1. The van der Waals surface area contributed by atoms with Gasteiger partial charge < -0.3 is 0 Å². The van der Waals surface area contributed by atoms with Crippen molar-refractivity contribution in [2.45, 2.75) is 19.8 Å². The maximum absolute atomic E-state index is 12.7. The van der Waals surface area contributed by atoms with Crippen molar-refractivity contribution in [3.8, 4) is 11.3 Å². The number of allylic oxidation sites excluding steroid dienone is 1. The number of fused-ring (bicyclic) bond motifs is 1. The normalized spacial score (nSPS) is 10.4. The highest BCUT2D eigenvalue weighted by molar-refractivity contribution is 6.07. The Bertz CT molecular complexity index is 994. The third-order valence-corrected chi connectivity index (χ3v) is 4.20. The Hall–Kier alpha value is -3.47. The minimum atomic E-state index is -0.381. The number of aryl methyl sites for hydroxylation is 1. The first-order valence-corrected chi connectivity index (χ1v) is 8.75. The van der Waals surface area contributed by atoms with Crippen LogP contribution in [0.2, 0.25) is 0 Å². The Balaban J connectivity index is 1.93. The highest BCUT2D eigenvalue weighted by Crippen LogP contribution is 2.25. The molecule has 5 heteroatoms. The molecule has 3 aromatic rings. The summed E-state index contributed by atoms with van der Waals surface area (Å²) in [5.41, 5.74) is 8.89. The number of nitrogens with one attached hydrogen (secondary N) is 2. The third-order valence-electron chi connectivity index (χ3n) is 4.20. The van der Waals surface area contributed by atoms with E-state index in [-0.39, 0.29) is 18.2 Å². The highest BCUT2D eigenvalue weighted by atomic mass is 16.2. The van der Waals surface area contributed by atoms with Crippen molar-refractivity contribution in [1.29, 1.82) is 0 Å². The molecule has 27 heavy (non-hydrogen) atoms. The molecule has 2 N–H and O–H groups in total. The van der Waals surface area contributed by atoms with E-state index < -0.39 is 0 Å². The van der Waals surface area contributed by atoms with E-state index in [4.69, 9.17) is 0 Å². The molecule has 0 aliphatic heterocycles. The molecule has 1 heterocycles. The fourth-order valence-corrected chi connectivity index (χ4v) is 2.72. The van der Waals surface area contributed by atoms with E-state index in [2.05, 4.69) is 22.4 Å². The van der Waals surface area contributed by atoms with Gasteiger partial charge in [0.05, 0.1) is 16.8 Å². The zero-order valence-corrected chi connectivity index (χ0v) is 15.2. The summed E-state index contributed by atoms with van der Waals surface area (Å²) < 4.78 is 0. The largest absolute Gasteiger partial charge is 0.273 e. The minimum absolute atomic E-state index is 0.264. The predicted molar refractivity (Wildman–Crippen MR) is 107 cm³/mol. The molecule has 0 spiro atoms. The zero-order chi connectivity index (χ0) is 19.2. The van der Waals surface area contributed by atoms with Crippen molar-refractivity contribution >= 4 is 22.7 Å². The summed E-state index contributed by atoms with van der Waals surface area (Å²) in [5, 5.41) is 0.728. The van der Waals surface area contributed by atoms with Gasteiger partial charge >= 0.3 is 0 Å². The molecule has 0 aliphatic carbocycles. The van der Waals surface area contributed by atoms with Crippen LogP contribution in [0.25, 0.3) is 22.2 Å². The van der Waals surface area contributed by atoms with Crippen molar-refractivity contribution in [3.63, 3.8) is 0 Å². The Morgan fingerprint density at radius 2 is 1.81 bits per heavy atom. The monoisotopic (exact) mass is 359 g/mol. The van der Waals surface area contributed by atoms with Gasteiger partial charge in [0.2, 0.25) is 5.91 Å². The van der Waals surface area contributed by atoms with Gasteiger partial charge in [0.15, 0.2) is 0 Å². The number of aromatic nitrogens is 1. The number of pyridine rings is 1. The summed E-state index contributed by atoms with van der Waals surface area (Å²) in [6.07, 6.45) is 2.48. The fourth-order valence-electron chi connectivity index (χ4n) is 2.72. The third kappa shape index (κ3) is 4.39. The lowest BCUT2D eigenvalue weighted by molar-refractivity contribution is -0.121. The topological polar surface area (TPSA) is 71.1 Å². The average Bonchev–Trinajstić information content (AvgIpc) is 2.70. The zero-order valence-electron chi connectivity index (χ0n) is 15.2. The second-order valence-electron chi connectivity index (χ2n) is 6.27. The molecular formula is C22H21N3O2. The Kier molecular flexibility index (Phi) is 5.61. The number of benzene rings is 2. The van der Waals surface area contributed by atoms with Crippen LogP contribution in [-0.4, -0.2) is 16.8 Å². The lowest BCUT2D eigenvalue weighted by atomic mass is 10.0. The quantitative estimate of drug-likeness (QED) is 0.535. The van der Waals surface area contributed by atoms with E-state index in [9.17, 15) is 9.59 Å². The molecule has 0 unspecified atom stereocenters. The maximum atomic E-state index is 12.7. The van der Waals surface area contributed by atoms with Crippen molar-refractivity contribution in [2.24, 2.45) is 0 Å². The van der Waals surface area contributed by atoms with Crippen LogP contribution >= 0.6 is 0 Å². The Morgan fingerprint density at radius 1 is 1.07 bits per heavy atom. The minimum Gasteiger partial charge on any atom is -0.273 e. The first-order valence-electron chi connectivity index (χ1n) is 8.75. The van der Waals surface area contributed by atoms with Crippen LogP contribution in [0, 0.1) is 6.92 Å². The molecule has 0 fully saturated rings. The predicted octanol–water partition coefficient (Wildman–Crippen LogP) is 3.94. The number of hydrogen-bond acceptors (Lipinski definition) is 3. The summed E-state index contributed by atoms with van der Waals surface area (Å²) in [7, 11) is 0. The summed E-state index contributed by atoms with van der Waals surface area (Å²) >= 11 is 0. The molecule has 0 radical (unpaired) electrons. The van der Waals surface area contributed by atoms with Crippen molar-refractivity contribution in [1.82, 2.24) is 15.8 Å². The van der Waals surface area contributed by atoms with Gasteiger partial charge in [0, 0.05) is 17.4 Å². The molecule has 1 aromatic heterocycles. The average molecular weight is 359 g/mol. The van der Waals surface area contributed by atoms with Crippen LogP contribution in [-0.2, 0) is 4.79 Å². The number of amides is 2. The van der Waals surface area contributed by atoms with Crippen LogP contribution in [0.3, 0.4) is 0 Å². The SMILES string of the molecule is C=CCCC(=O)NNC(=O)c1cc(-c2ccc(C)cc2)nc2ccccc12. The van der Waals surface area contributed by atoms with Gasteiger partial charge in [0.25, 0.3) is 5.91 Å². The summed E-state index contributed by atoms with van der Waals surface area (Å²) in [5.74, 6) is -0.644.